The molecule has 0 atom stereocenters. The Morgan fingerprint density at radius 1 is 1.40 bits per heavy atom. The lowest BCUT2D eigenvalue weighted by atomic mass is 10.3. The first-order valence-corrected chi connectivity index (χ1v) is 7.97. The lowest BCUT2D eigenvalue weighted by molar-refractivity contribution is 0.271. The molecule has 0 aliphatic rings. The first-order valence-electron chi connectivity index (χ1n) is 6.49. The highest BCUT2D eigenvalue weighted by Gasteiger charge is 2.17. The minimum atomic E-state index is -3.69. The van der Waals surface area contributed by atoms with Gasteiger partial charge in [-0.1, -0.05) is 0 Å². The van der Waals surface area contributed by atoms with Crippen molar-refractivity contribution in [2.24, 2.45) is 0 Å². The molecular formula is C13H22FN3O2S. The van der Waals surface area contributed by atoms with Crippen LogP contribution in [0.25, 0.3) is 0 Å². The molecule has 0 unspecified atom stereocenters. The van der Waals surface area contributed by atoms with Gasteiger partial charge in [0, 0.05) is 12.6 Å². The number of benzene rings is 1. The molecule has 7 heteroatoms. The summed E-state index contributed by atoms with van der Waals surface area (Å²) in [7, 11) is -1.70. The predicted octanol–water partition coefficient (Wildman–Crippen LogP) is 1.42. The zero-order chi connectivity index (χ0) is 15.3. The van der Waals surface area contributed by atoms with Gasteiger partial charge in [-0.15, -0.1) is 0 Å². The largest absolute Gasteiger partial charge is 0.398 e. The summed E-state index contributed by atoms with van der Waals surface area (Å²) in [5.41, 5.74) is 5.45. The van der Waals surface area contributed by atoms with Gasteiger partial charge in [-0.25, -0.2) is 17.5 Å². The standard InChI is InChI=1S/C13H22FN3O2S/c1-10(2)17(3)8-4-7-16-20(18,19)13-6-5-11(14)9-12(13)15/h5-6,9-10,16H,4,7-8,15H2,1-3H3. The van der Waals surface area contributed by atoms with Crippen LogP contribution in [0.3, 0.4) is 0 Å². The molecule has 0 aromatic heterocycles. The first-order chi connectivity index (χ1) is 9.24. The zero-order valence-electron chi connectivity index (χ0n) is 12.1. The SMILES string of the molecule is CC(C)N(C)CCCNS(=O)(=O)c1ccc(F)cc1N. The van der Waals surface area contributed by atoms with Crippen molar-refractivity contribution in [3.05, 3.63) is 24.0 Å². The van der Waals surface area contributed by atoms with E-state index in [-0.39, 0.29) is 10.6 Å². The molecular weight excluding hydrogens is 281 g/mol. The maximum Gasteiger partial charge on any atom is 0.242 e. The molecule has 0 fully saturated rings. The van der Waals surface area contributed by atoms with Crippen LogP contribution >= 0.6 is 0 Å². The Morgan fingerprint density at radius 2 is 2.05 bits per heavy atom. The third-order valence-corrected chi connectivity index (χ3v) is 4.66. The Morgan fingerprint density at radius 3 is 2.60 bits per heavy atom. The van der Waals surface area contributed by atoms with Crippen LogP contribution in [0.5, 0.6) is 0 Å². The van der Waals surface area contributed by atoms with Crippen molar-refractivity contribution in [1.29, 1.82) is 0 Å². The van der Waals surface area contributed by atoms with E-state index in [1.54, 1.807) is 0 Å². The third-order valence-electron chi connectivity index (χ3n) is 3.12. The average Bonchev–Trinajstić information content (AvgIpc) is 2.33. The molecule has 5 nitrogen and oxygen atoms in total. The van der Waals surface area contributed by atoms with E-state index in [0.29, 0.717) is 19.0 Å². The van der Waals surface area contributed by atoms with Gasteiger partial charge in [-0.05, 0) is 52.1 Å². The van der Waals surface area contributed by atoms with Crippen molar-refractivity contribution in [2.75, 3.05) is 25.9 Å². The molecule has 1 rings (SSSR count). The summed E-state index contributed by atoms with van der Waals surface area (Å²) in [6.07, 6.45) is 0.689. The number of nitrogens with zero attached hydrogens (tertiary/aromatic N) is 1. The van der Waals surface area contributed by atoms with Crippen LogP contribution in [-0.4, -0.2) is 39.5 Å². The number of hydrogen-bond acceptors (Lipinski definition) is 4. The number of sulfonamides is 1. The summed E-state index contributed by atoms with van der Waals surface area (Å²) < 4.78 is 39.4. The summed E-state index contributed by atoms with van der Waals surface area (Å²) in [6.45, 7) is 5.25. The average molecular weight is 303 g/mol. The molecule has 20 heavy (non-hydrogen) atoms. The van der Waals surface area contributed by atoms with E-state index in [1.165, 1.54) is 6.07 Å². The summed E-state index contributed by atoms with van der Waals surface area (Å²) >= 11 is 0. The number of nitrogen functional groups attached to an aromatic ring is 1. The fraction of sp³-hybridized carbons (Fsp3) is 0.538. The van der Waals surface area contributed by atoms with E-state index in [0.717, 1.165) is 18.7 Å². The number of nitrogens with two attached hydrogens (primary N) is 1. The second kappa shape index (κ2) is 7.01. The molecule has 0 amide bonds. The number of rotatable bonds is 7. The van der Waals surface area contributed by atoms with Crippen molar-refractivity contribution >= 4 is 15.7 Å². The second-order valence-electron chi connectivity index (χ2n) is 5.01. The fourth-order valence-corrected chi connectivity index (χ4v) is 2.82. The van der Waals surface area contributed by atoms with Crippen LogP contribution in [0.15, 0.2) is 23.1 Å². The minimum Gasteiger partial charge on any atom is -0.398 e. The smallest absolute Gasteiger partial charge is 0.242 e. The van der Waals surface area contributed by atoms with Crippen LogP contribution < -0.4 is 10.5 Å². The van der Waals surface area contributed by atoms with Gasteiger partial charge in [0.2, 0.25) is 10.0 Å². The van der Waals surface area contributed by atoms with Gasteiger partial charge < -0.3 is 10.6 Å². The molecule has 0 saturated heterocycles. The Hall–Kier alpha value is -1.18. The van der Waals surface area contributed by atoms with Gasteiger partial charge in [-0.2, -0.15) is 0 Å². The maximum absolute atomic E-state index is 12.9. The van der Waals surface area contributed by atoms with Crippen LogP contribution in [0.4, 0.5) is 10.1 Å². The number of hydrogen-bond donors (Lipinski definition) is 2. The van der Waals surface area contributed by atoms with Gasteiger partial charge in [-0.3, -0.25) is 0 Å². The number of halogens is 1. The Labute approximate surface area is 120 Å². The quantitative estimate of drug-likeness (QED) is 0.590. The lowest BCUT2D eigenvalue weighted by Gasteiger charge is -2.20. The van der Waals surface area contributed by atoms with E-state index in [9.17, 15) is 12.8 Å². The van der Waals surface area contributed by atoms with Crippen LogP contribution in [0.1, 0.15) is 20.3 Å². The van der Waals surface area contributed by atoms with Crippen molar-refractivity contribution < 1.29 is 12.8 Å². The Kier molecular flexibility index (Phi) is 5.91. The lowest BCUT2D eigenvalue weighted by Crippen LogP contribution is -2.31. The van der Waals surface area contributed by atoms with Gasteiger partial charge in [0.25, 0.3) is 0 Å². The highest BCUT2D eigenvalue weighted by Crippen LogP contribution is 2.18. The molecule has 0 aliphatic carbocycles. The van der Waals surface area contributed by atoms with Crippen molar-refractivity contribution in [2.45, 2.75) is 31.2 Å². The monoisotopic (exact) mass is 303 g/mol. The molecule has 0 saturated carbocycles. The van der Waals surface area contributed by atoms with Crippen molar-refractivity contribution in [3.63, 3.8) is 0 Å². The van der Waals surface area contributed by atoms with Crippen molar-refractivity contribution in [1.82, 2.24) is 9.62 Å². The molecule has 3 N–H and O–H groups in total. The Bertz CT molecular complexity index is 547. The zero-order valence-corrected chi connectivity index (χ0v) is 12.9. The molecule has 0 heterocycles. The van der Waals surface area contributed by atoms with Crippen LogP contribution in [0, 0.1) is 5.82 Å². The highest BCUT2D eigenvalue weighted by atomic mass is 32.2. The topological polar surface area (TPSA) is 75.4 Å². The van der Waals surface area contributed by atoms with Gasteiger partial charge in [0.05, 0.1) is 5.69 Å². The van der Waals surface area contributed by atoms with E-state index in [1.807, 2.05) is 7.05 Å². The van der Waals surface area contributed by atoms with E-state index >= 15 is 0 Å². The molecule has 0 spiro atoms. The summed E-state index contributed by atoms with van der Waals surface area (Å²) in [6, 6.07) is 3.67. The Balaban J connectivity index is 2.58. The molecule has 1 aromatic carbocycles. The van der Waals surface area contributed by atoms with Crippen LogP contribution in [-0.2, 0) is 10.0 Å². The summed E-state index contributed by atoms with van der Waals surface area (Å²) in [5.74, 6) is -0.556. The molecule has 114 valence electrons. The molecule has 1 aromatic rings. The van der Waals surface area contributed by atoms with E-state index in [2.05, 4.69) is 23.5 Å². The highest BCUT2D eigenvalue weighted by molar-refractivity contribution is 7.89. The van der Waals surface area contributed by atoms with Gasteiger partial charge >= 0.3 is 0 Å². The normalized spacial score (nSPS) is 12.3. The summed E-state index contributed by atoms with van der Waals surface area (Å²) in [4.78, 5) is 2.04. The number of anilines is 1. The predicted molar refractivity (Wildman–Crippen MR) is 78.4 cm³/mol. The second-order valence-corrected chi connectivity index (χ2v) is 6.74. The van der Waals surface area contributed by atoms with E-state index < -0.39 is 15.8 Å². The molecule has 0 bridgehead atoms. The van der Waals surface area contributed by atoms with E-state index in [4.69, 9.17) is 5.73 Å². The number of nitrogens with one attached hydrogen (secondary N) is 1. The maximum atomic E-state index is 12.9. The molecule has 0 aliphatic heterocycles. The van der Waals surface area contributed by atoms with Crippen LogP contribution in [0.2, 0.25) is 0 Å². The minimum absolute atomic E-state index is 0.0863. The first kappa shape index (κ1) is 16.9. The fourth-order valence-electron chi connectivity index (χ4n) is 1.63. The van der Waals surface area contributed by atoms with Gasteiger partial charge in [0.1, 0.15) is 10.7 Å². The van der Waals surface area contributed by atoms with Gasteiger partial charge in [0.15, 0.2) is 0 Å². The van der Waals surface area contributed by atoms with Crippen molar-refractivity contribution in [3.8, 4) is 0 Å². The third kappa shape index (κ3) is 4.73. The molecule has 0 radical (unpaired) electrons. The summed E-state index contributed by atoms with van der Waals surface area (Å²) in [5, 5.41) is 0.